The fourth-order valence-electron chi connectivity index (χ4n) is 12.2. The number of aliphatic hydroxyl groups is 1. The van der Waals surface area contributed by atoms with Crippen LogP contribution in [-0.4, -0.2) is 167 Å². The number of nitrogens with zero attached hydrogens (tertiary/aromatic N) is 3. The quantitative estimate of drug-likeness (QED) is 0.0526. The van der Waals surface area contributed by atoms with Gasteiger partial charge in [-0.05, 0) is 162 Å². The van der Waals surface area contributed by atoms with E-state index >= 15 is 4.79 Å². The highest BCUT2D eigenvalue weighted by Crippen LogP contribution is 2.36. The second-order valence-corrected chi connectivity index (χ2v) is 27.2. The Morgan fingerprint density at radius 2 is 1.17 bits per heavy atom. The summed E-state index contributed by atoms with van der Waals surface area (Å²) in [5.74, 6) is -3.84. The number of aryl methyl sites for hydroxylation is 2. The van der Waals surface area contributed by atoms with Crippen LogP contribution < -0.4 is 42.5 Å². The molecule has 2 aliphatic heterocycles. The Labute approximate surface area is 526 Å². The number of anilines is 1. The molecule has 9 amide bonds. The van der Waals surface area contributed by atoms with Crippen LogP contribution in [0.25, 0.3) is 0 Å². The van der Waals surface area contributed by atoms with Gasteiger partial charge in [-0.2, -0.15) is 0 Å². The van der Waals surface area contributed by atoms with Crippen molar-refractivity contribution in [3.8, 4) is 0 Å². The molecule has 0 radical (unpaired) electrons. The number of likely N-dealkylation sites (tertiary alicyclic amines) is 1. The van der Waals surface area contributed by atoms with Crippen molar-refractivity contribution in [3.05, 3.63) is 136 Å². The van der Waals surface area contributed by atoms with Gasteiger partial charge in [-0.1, -0.05) is 75.4 Å². The zero-order valence-electron chi connectivity index (χ0n) is 52.9. The molecule has 9 atom stereocenters. The summed E-state index contributed by atoms with van der Waals surface area (Å²) in [6, 6.07) is 20.7. The van der Waals surface area contributed by atoms with Crippen molar-refractivity contribution in [1.29, 1.82) is 0 Å². The molecule has 0 unspecified atom stereocenters. The van der Waals surface area contributed by atoms with Crippen LogP contribution in [0.4, 0.5) is 5.69 Å². The lowest BCUT2D eigenvalue weighted by molar-refractivity contribution is -0.145. The van der Waals surface area contributed by atoms with Crippen LogP contribution in [-0.2, 0) is 59.4 Å². The van der Waals surface area contributed by atoms with Gasteiger partial charge in [0.25, 0.3) is 11.8 Å². The molecule has 4 aromatic carbocycles. The molecule has 4 aliphatic rings. The molecule has 0 bridgehead atoms. The highest BCUT2D eigenvalue weighted by molar-refractivity contribution is 8.01. The summed E-state index contributed by atoms with van der Waals surface area (Å²) < 4.78 is -1.10. The molecule has 478 valence electrons. The van der Waals surface area contributed by atoms with E-state index in [1.807, 2.05) is 63.2 Å². The van der Waals surface area contributed by atoms with E-state index in [0.717, 1.165) is 59.9 Å². The van der Waals surface area contributed by atoms with Gasteiger partial charge >= 0.3 is 0 Å². The number of carbonyl (C=O) groups excluding carboxylic acids is 9. The minimum Gasteiger partial charge on any atom is -0.395 e. The SMILES string of the molecule is CN[C@@H](C)C(=O)N[C@H](C(=O)N1C[C@@H](NC(=O)c2ccc(C(=O)Nc3ccc4c(c3)CN(C(=O)[C@@H](NC(=O)[C@H](C)NC)C(C)(C)SCC(=O)N(C)CCO)[C@H](C(=O)N[C@@H]3CCCc5ccccc53)C4)cc2)C[C@H]1C(=O)N[C@@H]1CCCc2ccccc21)C(C)(C)C. The summed E-state index contributed by atoms with van der Waals surface area (Å²) in [4.78, 5) is 132. The summed E-state index contributed by atoms with van der Waals surface area (Å²) >= 11 is 1.18. The normalized spacial score (nSPS) is 20.2. The van der Waals surface area contributed by atoms with Crippen LogP contribution in [0.5, 0.6) is 0 Å². The average Bonchev–Trinajstić information content (AvgIpc) is 1.77. The van der Waals surface area contributed by atoms with Crippen LogP contribution in [0.3, 0.4) is 0 Å². The first-order valence-corrected chi connectivity index (χ1v) is 32.0. The van der Waals surface area contributed by atoms with E-state index in [-0.39, 0.29) is 91.7 Å². The Kier molecular flexibility index (Phi) is 22.2. The number of fused-ring (bicyclic) bond motifs is 3. The fourth-order valence-corrected chi connectivity index (χ4v) is 13.2. The minimum atomic E-state index is -1.23. The topological polar surface area (TPSA) is 280 Å². The Morgan fingerprint density at radius 3 is 1.72 bits per heavy atom. The summed E-state index contributed by atoms with van der Waals surface area (Å²) in [6.07, 6.45) is 5.20. The molecule has 8 rings (SSSR count). The molecule has 21 nitrogen and oxygen atoms in total. The van der Waals surface area contributed by atoms with Gasteiger partial charge in [0.05, 0.1) is 36.5 Å². The Morgan fingerprint density at radius 1 is 0.640 bits per heavy atom. The van der Waals surface area contributed by atoms with Crippen molar-refractivity contribution in [1.82, 2.24) is 51.9 Å². The van der Waals surface area contributed by atoms with Crippen molar-refractivity contribution in [2.75, 3.05) is 51.9 Å². The molecule has 2 heterocycles. The number of aliphatic hydroxyl groups excluding tert-OH is 1. The van der Waals surface area contributed by atoms with Crippen molar-refractivity contribution >= 4 is 70.6 Å². The Balaban J connectivity index is 0.999. The summed E-state index contributed by atoms with van der Waals surface area (Å²) in [6.45, 7) is 12.3. The zero-order chi connectivity index (χ0) is 64.5. The number of rotatable bonds is 22. The van der Waals surface area contributed by atoms with Gasteiger partial charge in [-0.15, -0.1) is 11.8 Å². The number of hydrogen-bond donors (Lipinski definition) is 9. The van der Waals surface area contributed by atoms with Crippen molar-refractivity contribution in [3.63, 3.8) is 0 Å². The molecule has 22 heteroatoms. The molecule has 0 spiro atoms. The maximum atomic E-state index is 15.4. The maximum absolute atomic E-state index is 15.4. The van der Waals surface area contributed by atoms with E-state index in [1.165, 1.54) is 50.7 Å². The van der Waals surface area contributed by atoms with E-state index in [0.29, 0.717) is 17.7 Å². The van der Waals surface area contributed by atoms with Gasteiger partial charge in [-0.25, -0.2) is 0 Å². The third-order valence-corrected chi connectivity index (χ3v) is 19.3. The lowest BCUT2D eigenvalue weighted by Gasteiger charge is -2.42. The molecular weight excluding hydrogens is 1150 g/mol. The van der Waals surface area contributed by atoms with Crippen LogP contribution in [0, 0.1) is 5.41 Å². The third-order valence-electron chi connectivity index (χ3n) is 17.9. The second-order valence-electron chi connectivity index (χ2n) is 25.6. The molecule has 89 heavy (non-hydrogen) atoms. The number of benzene rings is 4. The highest BCUT2D eigenvalue weighted by atomic mass is 32.2. The molecule has 4 aromatic rings. The Bertz CT molecular complexity index is 3280. The summed E-state index contributed by atoms with van der Waals surface area (Å²) in [5.41, 5.74) is 5.91. The molecule has 2 aliphatic carbocycles. The smallest absolute Gasteiger partial charge is 0.255 e. The van der Waals surface area contributed by atoms with Gasteiger partial charge < -0.3 is 62.3 Å². The van der Waals surface area contributed by atoms with Crippen LogP contribution in [0.15, 0.2) is 91.0 Å². The maximum Gasteiger partial charge on any atom is 0.255 e. The Hall–Kier alpha value is -7.66. The molecule has 0 saturated carbocycles. The van der Waals surface area contributed by atoms with Crippen LogP contribution in [0.1, 0.15) is 147 Å². The van der Waals surface area contributed by atoms with Crippen molar-refractivity contribution < 1.29 is 48.3 Å². The second kappa shape index (κ2) is 29.3. The first-order chi connectivity index (χ1) is 42.3. The van der Waals surface area contributed by atoms with Crippen LogP contribution in [0.2, 0.25) is 0 Å². The van der Waals surface area contributed by atoms with Gasteiger partial charge in [-0.3, -0.25) is 43.2 Å². The first-order valence-electron chi connectivity index (χ1n) is 31.0. The summed E-state index contributed by atoms with van der Waals surface area (Å²) in [7, 11) is 4.85. The lowest BCUT2D eigenvalue weighted by Crippen LogP contribution is -2.63. The molecule has 9 N–H and O–H groups in total. The van der Waals surface area contributed by atoms with Crippen molar-refractivity contribution in [2.24, 2.45) is 5.41 Å². The van der Waals surface area contributed by atoms with E-state index in [1.54, 1.807) is 61.0 Å². The lowest BCUT2D eigenvalue weighted by atomic mass is 9.85. The molecular formula is C67H89N11O10S. The van der Waals surface area contributed by atoms with Gasteiger partial charge in [0, 0.05) is 60.7 Å². The zero-order valence-corrected chi connectivity index (χ0v) is 53.7. The molecule has 1 saturated heterocycles. The number of hydrogen-bond acceptors (Lipinski definition) is 13. The fraction of sp³-hybridized carbons (Fsp3) is 0.507. The van der Waals surface area contributed by atoms with Gasteiger partial charge in [0.2, 0.25) is 41.4 Å². The number of amides is 9. The van der Waals surface area contributed by atoms with E-state index in [2.05, 4.69) is 54.7 Å². The van der Waals surface area contributed by atoms with Crippen molar-refractivity contribution in [2.45, 2.75) is 166 Å². The monoisotopic (exact) mass is 1240 g/mol. The predicted molar refractivity (Wildman–Crippen MR) is 342 cm³/mol. The number of nitrogens with one attached hydrogen (secondary N) is 8. The number of carbonyl (C=O) groups is 9. The van der Waals surface area contributed by atoms with Crippen LogP contribution >= 0.6 is 11.8 Å². The molecule has 0 aromatic heterocycles. The van der Waals surface area contributed by atoms with E-state index in [4.69, 9.17) is 0 Å². The average molecular weight is 1240 g/mol. The first kappa shape index (κ1) is 67.3. The molecule has 1 fully saturated rings. The summed E-state index contributed by atoms with van der Waals surface area (Å²) in [5, 5.41) is 33.7. The van der Waals surface area contributed by atoms with Gasteiger partial charge in [0.15, 0.2) is 0 Å². The predicted octanol–water partition coefficient (Wildman–Crippen LogP) is 4.47. The standard InChI is InChI=1S/C67H89N11O10S/c1-39(68-8)58(81)74-56(66(3,4)5)64(87)78-37-48(35-54(78)63(86)73-52-24-16-20-42-18-12-14-22-50(42)52)71-61(84)44-27-25-43(26-28-44)60(83)70-47-30-29-45-34-53(62(85)72-51-23-15-19-41-17-11-13-21-49(41)51)77(36-46(45)33-47)65(88)57(75-59(82)40(2)69-9)67(6,7)89-38-55(80)76(10)31-32-79/h11-14,17-18,21-22,25-30,33,39-40,48,51-54,56-57,68-69,79H,15-16,19-20,23-24,31-32,34-38H2,1-10H3,(H,70,83)(H,71,84)(H,72,85)(H,73,86)(H,74,81)(H,75,82)/t39-,40-,48-,51+,52+,53-,54-,56+,57+/m0/s1. The van der Waals surface area contributed by atoms with Gasteiger partial charge in [0.1, 0.15) is 24.2 Å². The number of likely N-dealkylation sites (N-methyl/N-ethyl adjacent to an activating group) is 3. The largest absolute Gasteiger partial charge is 0.395 e. The van der Waals surface area contributed by atoms with E-state index in [9.17, 15) is 43.5 Å². The highest BCUT2D eigenvalue weighted by Gasteiger charge is 2.48. The van der Waals surface area contributed by atoms with E-state index < -0.39 is 82.0 Å². The third kappa shape index (κ3) is 16.2. The number of thioether (sulfide) groups is 1. The minimum absolute atomic E-state index is 0.00152.